The van der Waals surface area contributed by atoms with E-state index in [0.717, 1.165) is 18.8 Å². The van der Waals surface area contributed by atoms with Crippen LogP contribution in [0.25, 0.3) is 0 Å². The topological polar surface area (TPSA) is 52.8 Å². The molecule has 0 atom stereocenters. The maximum Gasteiger partial charge on any atom is 0.232 e. The van der Waals surface area contributed by atoms with Gasteiger partial charge in [0, 0.05) is 13.1 Å². The lowest BCUT2D eigenvalue weighted by Crippen LogP contribution is -2.18. The second-order valence-corrected chi connectivity index (χ2v) is 3.07. The normalized spacial score (nSPS) is 15.8. The zero-order valence-electron chi connectivity index (χ0n) is 7.27. The molecule has 0 aromatic carbocycles. The van der Waals surface area contributed by atoms with Gasteiger partial charge < -0.3 is 4.90 Å². The molecule has 0 amide bonds. The van der Waals surface area contributed by atoms with Crippen molar-refractivity contribution in [3.63, 3.8) is 0 Å². The summed E-state index contributed by atoms with van der Waals surface area (Å²) in [6, 6.07) is 1.90. The van der Waals surface area contributed by atoms with Gasteiger partial charge in [-0.15, -0.1) is 0 Å². The number of rotatable bonds is 1. The van der Waals surface area contributed by atoms with Gasteiger partial charge >= 0.3 is 0 Å². The first-order valence-corrected chi connectivity index (χ1v) is 4.37. The van der Waals surface area contributed by atoms with Gasteiger partial charge in [-0.25, -0.2) is 9.97 Å². The van der Waals surface area contributed by atoms with Gasteiger partial charge in [-0.1, -0.05) is 0 Å². The highest BCUT2D eigenvalue weighted by atomic mass is 15.2. The van der Waals surface area contributed by atoms with Gasteiger partial charge in [0.05, 0.1) is 18.1 Å². The van der Waals surface area contributed by atoms with Gasteiger partial charge in [-0.2, -0.15) is 5.26 Å². The molecule has 0 radical (unpaired) electrons. The lowest BCUT2D eigenvalue weighted by Gasteiger charge is -2.15. The smallest absolute Gasteiger partial charge is 0.232 e. The standard InChI is InChI=1S/C9H10N4/c10-5-9-11-6-8(7-12-9)13-3-1-2-4-13/h6-7H,1-4H2. The van der Waals surface area contributed by atoms with Gasteiger partial charge in [-0.3, -0.25) is 0 Å². The van der Waals surface area contributed by atoms with Crippen molar-refractivity contribution in [2.75, 3.05) is 18.0 Å². The maximum absolute atomic E-state index is 8.51. The van der Waals surface area contributed by atoms with Crippen LogP contribution >= 0.6 is 0 Å². The Morgan fingerprint density at radius 3 is 2.38 bits per heavy atom. The first kappa shape index (κ1) is 7.99. The fourth-order valence-corrected chi connectivity index (χ4v) is 1.52. The molecule has 1 aromatic rings. The van der Waals surface area contributed by atoms with Crippen LogP contribution in [0.1, 0.15) is 18.7 Å². The summed E-state index contributed by atoms with van der Waals surface area (Å²) in [6.45, 7) is 2.16. The number of aromatic nitrogens is 2. The van der Waals surface area contributed by atoms with Crippen molar-refractivity contribution < 1.29 is 0 Å². The summed E-state index contributed by atoms with van der Waals surface area (Å²) < 4.78 is 0. The predicted molar refractivity (Wildman–Crippen MR) is 48.2 cm³/mol. The lowest BCUT2D eigenvalue weighted by molar-refractivity contribution is 0.945. The molecular weight excluding hydrogens is 164 g/mol. The highest BCUT2D eigenvalue weighted by Gasteiger charge is 2.12. The highest BCUT2D eigenvalue weighted by molar-refractivity contribution is 5.43. The molecule has 13 heavy (non-hydrogen) atoms. The molecule has 1 aliphatic heterocycles. The summed E-state index contributed by atoms with van der Waals surface area (Å²) in [5.74, 6) is 0.239. The maximum atomic E-state index is 8.51. The van der Waals surface area contributed by atoms with Crippen LogP contribution in [0.3, 0.4) is 0 Å². The van der Waals surface area contributed by atoms with E-state index >= 15 is 0 Å². The Hall–Kier alpha value is -1.63. The van der Waals surface area contributed by atoms with Crippen molar-refractivity contribution in [1.29, 1.82) is 5.26 Å². The first-order chi connectivity index (χ1) is 6.40. The fraction of sp³-hybridized carbons (Fsp3) is 0.444. The number of nitriles is 1. The van der Waals surface area contributed by atoms with Crippen LogP contribution < -0.4 is 4.90 Å². The third-order valence-electron chi connectivity index (χ3n) is 2.21. The predicted octanol–water partition coefficient (Wildman–Crippen LogP) is 0.948. The van der Waals surface area contributed by atoms with Gasteiger partial charge in [0.25, 0.3) is 0 Å². The van der Waals surface area contributed by atoms with Crippen LogP contribution in [-0.4, -0.2) is 23.1 Å². The molecule has 1 aromatic heterocycles. The third-order valence-corrected chi connectivity index (χ3v) is 2.21. The van der Waals surface area contributed by atoms with E-state index < -0.39 is 0 Å². The molecule has 1 saturated heterocycles. The van der Waals surface area contributed by atoms with E-state index in [1.807, 2.05) is 6.07 Å². The molecule has 2 rings (SSSR count). The molecular formula is C9H10N4. The molecule has 66 valence electrons. The Morgan fingerprint density at radius 2 is 1.85 bits per heavy atom. The van der Waals surface area contributed by atoms with Gasteiger partial charge in [0.2, 0.25) is 5.82 Å². The van der Waals surface area contributed by atoms with Crippen LogP contribution in [0.5, 0.6) is 0 Å². The number of nitrogens with zero attached hydrogens (tertiary/aromatic N) is 4. The Balaban J connectivity index is 2.18. The molecule has 0 unspecified atom stereocenters. The molecule has 0 N–H and O–H groups in total. The van der Waals surface area contributed by atoms with Crippen molar-refractivity contribution in [3.8, 4) is 6.07 Å². The van der Waals surface area contributed by atoms with Crippen molar-refractivity contribution in [2.45, 2.75) is 12.8 Å². The molecule has 1 aliphatic rings. The molecule has 1 fully saturated rings. The molecule has 0 bridgehead atoms. The molecule has 4 heteroatoms. The molecule has 0 aliphatic carbocycles. The summed E-state index contributed by atoms with van der Waals surface area (Å²) in [6.07, 6.45) is 5.91. The molecule has 0 spiro atoms. The Morgan fingerprint density at radius 1 is 1.23 bits per heavy atom. The van der Waals surface area contributed by atoms with Crippen LogP contribution in [0.2, 0.25) is 0 Å². The highest BCUT2D eigenvalue weighted by Crippen LogP contribution is 2.17. The summed E-state index contributed by atoms with van der Waals surface area (Å²) in [5, 5.41) is 8.51. The van der Waals surface area contributed by atoms with E-state index in [1.165, 1.54) is 12.8 Å². The molecule has 2 heterocycles. The largest absolute Gasteiger partial charge is 0.369 e. The minimum absolute atomic E-state index is 0.239. The second kappa shape index (κ2) is 3.40. The van der Waals surface area contributed by atoms with E-state index in [0.29, 0.717) is 0 Å². The molecule has 0 saturated carbocycles. The van der Waals surface area contributed by atoms with E-state index in [-0.39, 0.29) is 5.82 Å². The van der Waals surface area contributed by atoms with Crippen LogP contribution in [-0.2, 0) is 0 Å². The quantitative estimate of drug-likeness (QED) is 0.636. The average molecular weight is 174 g/mol. The zero-order valence-corrected chi connectivity index (χ0v) is 7.27. The van der Waals surface area contributed by atoms with Crippen LogP contribution in [0.15, 0.2) is 12.4 Å². The minimum atomic E-state index is 0.239. The number of hydrogen-bond acceptors (Lipinski definition) is 4. The summed E-state index contributed by atoms with van der Waals surface area (Å²) in [5.41, 5.74) is 1.02. The van der Waals surface area contributed by atoms with E-state index in [4.69, 9.17) is 5.26 Å². The van der Waals surface area contributed by atoms with Gasteiger partial charge in [-0.05, 0) is 12.8 Å². The lowest BCUT2D eigenvalue weighted by atomic mass is 10.4. The minimum Gasteiger partial charge on any atom is -0.369 e. The average Bonchev–Trinajstić information content (AvgIpc) is 2.71. The summed E-state index contributed by atoms with van der Waals surface area (Å²) in [7, 11) is 0. The van der Waals surface area contributed by atoms with Crippen LogP contribution in [0, 0.1) is 11.3 Å². The fourth-order valence-electron chi connectivity index (χ4n) is 1.52. The zero-order chi connectivity index (χ0) is 9.10. The van der Waals surface area contributed by atoms with Gasteiger partial charge in [0.15, 0.2) is 0 Å². The third kappa shape index (κ3) is 1.59. The van der Waals surface area contributed by atoms with E-state index in [9.17, 15) is 0 Å². The summed E-state index contributed by atoms with van der Waals surface area (Å²) in [4.78, 5) is 10.1. The number of hydrogen-bond donors (Lipinski definition) is 0. The Bertz CT molecular complexity index is 318. The second-order valence-electron chi connectivity index (χ2n) is 3.07. The monoisotopic (exact) mass is 174 g/mol. The first-order valence-electron chi connectivity index (χ1n) is 4.37. The van der Waals surface area contributed by atoms with Gasteiger partial charge in [0.1, 0.15) is 6.07 Å². The van der Waals surface area contributed by atoms with Crippen molar-refractivity contribution in [3.05, 3.63) is 18.2 Å². The SMILES string of the molecule is N#Cc1ncc(N2CCCC2)cn1. The Kier molecular flexibility index (Phi) is 2.09. The Labute approximate surface area is 76.8 Å². The van der Waals surface area contributed by atoms with Crippen molar-refractivity contribution in [2.24, 2.45) is 0 Å². The van der Waals surface area contributed by atoms with E-state index in [1.54, 1.807) is 12.4 Å². The van der Waals surface area contributed by atoms with E-state index in [2.05, 4.69) is 14.9 Å². The van der Waals surface area contributed by atoms with Crippen molar-refractivity contribution in [1.82, 2.24) is 9.97 Å². The molecule has 4 nitrogen and oxygen atoms in total. The summed E-state index contributed by atoms with van der Waals surface area (Å²) >= 11 is 0. The number of anilines is 1. The van der Waals surface area contributed by atoms with Crippen molar-refractivity contribution >= 4 is 5.69 Å². The van der Waals surface area contributed by atoms with Crippen LogP contribution in [0.4, 0.5) is 5.69 Å².